The highest BCUT2D eigenvalue weighted by molar-refractivity contribution is 5.88. The zero-order valence-corrected chi connectivity index (χ0v) is 9.81. The molecule has 1 aliphatic rings. The summed E-state index contributed by atoms with van der Waals surface area (Å²) in [6, 6.07) is 7.06. The summed E-state index contributed by atoms with van der Waals surface area (Å²) in [5, 5.41) is 11.4. The lowest BCUT2D eigenvalue weighted by Gasteiger charge is -2.27. The van der Waals surface area contributed by atoms with Crippen molar-refractivity contribution in [2.24, 2.45) is 0 Å². The van der Waals surface area contributed by atoms with Gasteiger partial charge >= 0.3 is 5.54 Å². The Kier molecular flexibility index (Phi) is 2.96. The molecule has 0 N–H and O–H groups in total. The van der Waals surface area contributed by atoms with Crippen molar-refractivity contribution in [1.29, 1.82) is 0 Å². The van der Waals surface area contributed by atoms with E-state index in [4.69, 9.17) is 0 Å². The number of nitro groups is 1. The number of benzene rings is 1. The molecule has 0 heterocycles. The smallest absolute Gasteiger partial charge is 0.291 e. The molecule has 0 aromatic heterocycles. The van der Waals surface area contributed by atoms with E-state index >= 15 is 0 Å². The molecule has 0 amide bonds. The van der Waals surface area contributed by atoms with Gasteiger partial charge in [0.05, 0.1) is 0 Å². The molecule has 2 rings (SSSR count). The van der Waals surface area contributed by atoms with Crippen LogP contribution in [0.4, 0.5) is 0 Å². The molecule has 0 aliphatic heterocycles. The monoisotopic (exact) mass is 233 g/mol. The lowest BCUT2D eigenvalue weighted by atomic mass is 9.76. The third-order valence-corrected chi connectivity index (χ3v) is 3.49. The number of Topliss-reactive ketones (excluding diaryl/α,β-unsaturated/α-hetero) is 1. The average Bonchev–Trinajstić information content (AvgIpc) is 2.31. The van der Waals surface area contributed by atoms with Gasteiger partial charge in [-0.05, 0) is 19.8 Å². The van der Waals surface area contributed by atoms with Crippen molar-refractivity contribution < 1.29 is 9.72 Å². The first-order valence-corrected chi connectivity index (χ1v) is 5.82. The van der Waals surface area contributed by atoms with Gasteiger partial charge in [0, 0.05) is 23.3 Å². The lowest BCUT2D eigenvalue weighted by Crippen LogP contribution is -2.45. The van der Waals surface area contributed by atoms with Crippen molar-refractivity contribution in [3.63, 3.8) is 0 Å². The van der Waals surface area contributed by atoms with Crippen LogP contribution in [0.15, 0.2) is 24.3 Å². The van der Waals surface area contributed by atoms with E-state index in [9.17, 15) is 14.9 Å². The van der Waals surface area contributed by atoms with Crippen molar-refractivity contribution in [1.82, 2.24) is 0 Å². The largest absolute Gasteiger partial charge is 0.304 e. The van der Waals surface area contributed by atoms with Gasteiger partial charge in [0.2, 0.25) is 5.78 Å². The highest BCUT2D eigenvalue weighted by Gasteiger charge is 2.52. The van der Waals surface area contributed by atoms with Gasteiger partial charge in [0.25, 0.3) is 0 Å². The second-order valence-electron chi connectivity index (χ2n) is 4.61. The summed E-state index contributed by atoms with van der Waals surface area (Å²) < 4.78 is 0. The van der Waals surface area contributed by atoms with Crippen LogP contribution < -0.4 is 0 Å². The minimum absolute atomic E-state index is 0.252. The molecule has 1 saturated carbocycles. The Morgan fingerprint density at radius 1 is 1.24 bits per heavy atom. The molecule has 1 atom stereocenters. The number of hydrogen-bond acceptors (Lipinski definition) is 3. The molecule has 1 aromatic carbocycles. The Balaban J connectivity index is 2.50. The van der Waals surface area contributed by atoms with E-state index in [1.54, 1.807) is 12.1 Å². The van der Waals surface area contributed by atoms with Crippen molar-refractivity contribution in [3.05, 3.63) is 45.5 Å². The van der Waals surface area contributed by atoms with E-state index in [2.05, 4.69) is 0 Å². The Labute approximate surface area is 99.8 Å². The second-order valence-corrected chi connectivity index (χ2v) is 4.61. The van der Waals surface area contributed by atoms with E-state index in [0.717, 1.165) is 18.4 Å². The number of carbonyl (C=O) groups is 1. The first-order chi connectivity index (χ1) is 8.07. The van der Waals surface area contributed by atoms with Gasteiger partial charge in [-0.3, -0.25) is 14.9 Å². The number of ketones is 1. The van der Waals surface area contributed by atoms with Crippen molar-refractivity contribution in [2.45, 2.75) is 38.1 Å². The summed E-state index contributed by atoms with van der Waals surface area (Å²) in [5.41, 5.74) is 0.0691. The van der Waals surface area contributed by atoms with Crippen molar-refractivity contribution in [3.8, 4) is 0 Å². The van der Waals surface area contributed by atoms with Gasteiger partial charge in [-0.1, -0.05) is 29.8 Å². The van der Waals surface area contributed by atoms with Crippen molar-refractivity contribution in [2.75, 3.05) is 0 Å². The fourth-order valence-corrected chi connectivity index (χ4v) is 2.45. The Morgan fingerprint density at radius 3 is 2.41 bits per heavy atom. The number of aryl methyl sites for hydroxylation is 1. The van der Waals surface area contributed by atoms with Crippen molar-refractivity contribution >= 4 is 5.78 Å². The van der Waals surface area contributed by atoms with Gasteiger partial charge in [0.1, 0.15) is 0 Å². The fourth-order valence-electron chi connectivity index (χ4n) is 2.45. The third kappa shape index (κ3) is 1.84. The summed E-state index contributed by atoms with van der Waals surface area (Å²) in [7, 11) is 0. The van der Waals surface area contributed by atoms with Crippen LogP contribution in [0.25, 0.3) is 0 Å². The van der Waals surface area contributed by atoms with E-state index in [0.29, 0.717) is 18.4 Å². The highest BCUT2D eigenvalue weighted by atomic mass is 16.6. The molecule has 0 spiro atoms. The van der Waals surface area contributed by atoms with Crippen LogP contribution in [0.2, 0.25) is 0 Å². The molecule has 0 radical (unpaired) electrons. The standard InChI is InChI=1S/C13H15NO3/c1-10-5-7-11(8-6-10)13(14(16)17)9-3-2-4-12(13)15/h5-8H,2-4,9H2,1H3. The van der Waals surface area contributed by atoms with Gasteiger partial charge in [-0.2, -0.15) is 0 Å². The zero-order valence-electron chi connectivity index (χ0n) is 9.81. The fraction of sp³-hybridized carbons (Fsp3) is 0.462. The van der Waals surface area contributed by atoms with E-state index in [-0.39, 0.29) is 5.78 Å². The van der Waals surface area contributed by atoms with E-state index < -0.39 is 10.5 Å². The SMILES string of the molecule is Cc1ccc(C2([N+](=O)[O-])CCCCC2=O)cc1. The van der Waals surface area contributed by atoms with Crippen LogP contribution in [0.5, 0.6) is 0 Å². The zero-order chi connectivity index (χ0) is 12.5. The van der Waals surface area contributed by atoms with Crippen LogP contribution in [0.1, 0.15) is 36.8 Å². The first kappa shape index (κ1) is 11.8. The molecule has 90 valence electrons. The van der Waals surface area contributed by atoms with Gasteiger partial charge < -0.3 is 0 Å². The summed E-state index contributed by atoms with van der Waals surface area (Å²) in [6.45, 7) is 1.92. The lowest BCUT2D eigenvalue weighted by molar-refractivity contribution is -0.563. The number of carbonyl (C=O) groups excluding carboxylic acids is 1. The highest BCUT2D eigenvalue weighted by Crippen LogP contribution is 2.37. The van der Waals surface area contributed by atoms with Crippen LogP contribution >= 0.6 is 0 Å². The molecule has 4 nitrogen and oxygen atoms in total. The molecular weight excluding hydrogens is 218 g/mol. The van der Waals surface area contributed by atoms with Gasteiger partial charge in [-0.15, -0.1) is 0 Å². The molecule has 1 fully saturated rings. The minimum atomic E-state index is -1.49. The Morgan fingerprint density at radius 2 is 1.88 bits per heavy atom. The Bertz CT molecular complexity index is 452. The van der Waals surface area contributed by atoms with E-state index in [1.807, 2.05) is 19.1 Å². The Hall–Kier alpha value is -1.71. The maximum atomic E-state index is 12.0. The third-order valence-electron chi connectivity index (χ3n) is 3.49. The molecule has 1 aromatic rings. The number of rotatable bonds is 2. The minimum Gasteiger partial charge on any atom is -0.291 e. The normalized spacial score (nSPS) is 24.6. The number of hydrogen-bond donors (Lipinski definition) is 0. The quantitative estimate of drug-likeness (QED) is 0.582. The van der Waals surface area contributed by atoms with E-state index in [1.165, 1.54) is 0 Å². The van der Waals surface area contributed by atoms with Crippen LogP contribution in [0, 0.1) is 17.0 Å². The molecule has 1 aliphatic carbocycles. The summed E-state index contributed by atoms with van der Waals surface area (Å²) in [5.74, 6) is -0.252. The van der Waals surface area contributed by atoms with Crippen LogP contribution in [0.3, 0.4) is 0 Å². The molecule has 4 heteroatoms. The predicted molar refractivity (Wildman–Crippen MR) is 63.3 cm³/mol. The summed E-state index contributed by atoms with van der Waals surface area (Å²) >= 11 is 0. The maximum Gasteiger partial charge on any atom is 0.304 e. The summed E-state index contributed by atoms with van der Waals surface area (Å²) in [4.78, 5) is 23.0. The first-order valence-electron chi connectivity index (χ1n) is 5.82. The molecular formula is C13H15NO3. The van der Waals surface area contributed by atoms with Crippen LogP contribution in [-0.4, -0.2) is 10.7 Å². The maximum absolute atomic E-state index is 12.0. The molecule has 0 saturated heterocycles. The van der Waals surface area contributed by atoms with Gasteiger partial charge in [0.15, 0.2) is 0 Å². The topological polar surface area (TPSA) is 60.2 Å². The number of nitrogens with zero attached hydrogens (tertiary/aromatic N) is 1. The predicted octanol–water partition coefficient (Wildman–Crippen LogP) is 2.61. The van der Waals surface area contributed by atoms with Crippen LogP contribution in [-0.2, 0) is 10.3 Å². The summed E-state index contributed by atoms with van der Waals surface area (Å²) in [6.07, 6.45) is 2.14. The molecule has 1 unspecified atom stereocenters. The average molecular weight is 233 g/mol. The second kappa shape index (κ2) is 4.28. The molecule has 0 bridgehead atoms. The molecule has 17 heavy (non-hydrogen) atoms. The van der Waals surface area contributed by atoms with Gasteiger partial charge in [-0.25, -0.2) is 0 Å².